The van der Waals surface area contributed by atoms with E-state index in [2.05, 4.69) is 31.2 Å². The Kier molecular flexibility index (Phi) is 6.68. The van der Waals surface area contributed by atoms with Crippen LogP contribution in [0.3, 0.4) is 0 Å². The fraction of sp³-hybridized carbons (Fsp3) is 0. The average molecular weight is 493 g/mol. The molecule has 3 rings (SSSR count). The topological polar surface area (TPSA) is 87.6 Å². The Morgan fingerprint density at radius 3 is 2.45 bits per heavy atom. The highest BCUT2D eigenvalue weighted by molar-refractivity contribution is 9.10. The van der Waals surface area contributed by atoms with Crippen LogP contribution in [0.2, 0.25) is 5.02 Å². The number of hydrogen-bond donors (Lipinski definition) is 2. The van der Waals surface area contributed by atoms with Gasteiger partial charge in [-0.05, 0) is 60.2 Å². The number of carbonyl (C=O) groups excluding carboxylic acids is 1. The van der Waals surface area contributed by atoms with Gasteiger partial charge in [0.25, 0.3) is 15.9 Å². The third kappa shape index (κ3) is 5.90. The fourth-order valence-corrected chi connectivity index (χ4v) is 4.00. The number of nitrogens with one attached hydrogen (secondary N) is 2. The normalized spacial score (nSPS) is 11.4. The molecule has 0 heterocycles. The lowest BCUT2D eigenvalue weighted by Gasteiger charge is -2.09. The zero-order chi connectivity index (χ0) is 20.9. The van der Waals surface area contributed by atoms with Crippen molar-refractivity contribution in [3.63, 3.8) is 0 Å². The zero-order valence-corrected chi connectivity index (χ0v) is 18.0. The first-order chi connectivity index (χ1) is 13.8. The van der Waals surface area contributed by atoms with Gasteiger partial charge in [-0.15, -0.1) is 0 Å². The molecule has 0 atom stereocenters. The molecule has 0 bridgehead atoms. The van der Waals surface area contributed by atoms with Gasteiger partial charge in [0.1, 0.15) is 0 Å². The number of hydrogen-bond acceptors (Lipinski definition) is 4. The number of anilines is 1. The summed E-state index contributed by atoms with van der Waals surface area (Å²) in [6.07, 6.45) is 1.49. The number of sulfonamides is 1. The minimum atomic E-state index is -3.87. The molecule has 0 fully saturated rings. The van der Waals surface area contributed by atoms with Gasteiger partial charge in [-0.1, -0.05) is 45.7 Å². The van der Waals surface area contributed by atoms with E-state index >= 15 is 0 Å². The molecule has 3 aromatic rings. The molecule has 3 aromatic carbocycles. The van der Waals surface area contributed by atoms with Gasteiger partial charge in [0.15, 0.2) is 0 Å². The van der Waals surface area contributed by atoms with Crippen molar-refractivity contribution in [2.75, 3.05) is 4.72 Å². The maximum atomic E-state index is 12.6. The van der Waals surface area contributed by atoms with Crippen molar-refractivity contribution < 1.29 is 13.2 Å². The van der Waals surface area contributed by atoms with Crippen LogP contribution < -0.4 is 10.1 Å². The van der Waals surface area contributed by atoms with Crippen LogP contribution in [0.1, 0.15) is 15.9 Å². The molecule has 1 amide bonds. The first kappa shape index (κ1) is 21.0. The lowest BCUT2D eigenvalue weighted by Crippen LogP contribution is -2.19. The summed E-state index contributed by atoms with van der Waals surface area (Å²) in [7, 11) is -3.87. The second-order valence-electron chi connectivity index (χ2n) is 5.89. The van der Waals surface area contributed by atoms with E-state index in [-0.39, 0.29) is 10.5 Å². The van der Waals surface area contributed by atoms with Crippen LogP contribution >= 0.6 is 27.5 Å². The second-order valence-corrected chi connectivity index (χ2v) is 8.93. The van der Waals surface area contributed by atoms with Crippen LogP contribution in [0.4, 0.5) is 5.69 Å². The third-order valence-corrected chi connectivity index (χ3v) is 5.86. The first-order valence-corrected chi connectivity index (χ1v) is 11.0. The summed E-state index contributed by atoms with van der Waals surface area (Å²) >= 11 is 9.16. The van der Waals surface area contributed by atoms with E-state index < -0.39 is 15.9 Å². The molecule has 0 aliphatic heterocycles. The molecule has 0 aliphatic rings. The van der Waals surface area contributed by atoms with Gasteiger partial charge in [-0.25, -0.2) is 13.8 Å². The van der Waals surface area contributed by atoms with Crippen molar-refractivity contribution in [1.82, 2.24) is 5.43 Å². The zero-order valence-electron chi connectivity index (χ0n) is 14.8. The van der Waals surface area contributed by atoms with Crippen molar-refractivity contribution >= 4 is 55.4 Å². The summed E-state index contributed by atoms with van der Waals surface area (Å²) in [5, 5.41) is 4.40. The maximum absolute atomic E-state index is 12.6. The van der Waals surface area contributed by atoms with Crippen LogP contribution in [-0.4, -0.2) is 20.5 Å². The largest absolute Gasteiger partial charge is 0.280 e. The molecule has 0 radical (unpaired) electrons. The van der Waals surface area contributed by atoms with Gasteiger partial charge >= 0.3 is 0 Å². The summed E-state index contributed by atoms with van der Waals surface area (Å²) in [5.74, 6) is -0.528. The third-order valence-electron chi connectivity index (χ3n) is 3.73. The molecular weight excluding hydrogens is 478 g/mol. The summed E-state index contributed by atoms with van der Waals surface area (Å²) in [5.41, 5.74) is 3.71. The van der Waals surface area contributed by atoms with Crippen molar-refractivity contribution in [1.29, 1.82) is 0 Å². The van der Waals surface area contributed by atoms with Crippen LogP contribution in [0, 0.1) is 0 Å². The van der Waals surface area contributed by atoms with Crippen molar-refractivity contribution in [3.05, 3.63) is 93.4 Å². The van der Waals surface area contributed by atoms with Crippen LogP contribution in [0.25, 0.3) is 0 Å². The monoisotopic (exact) mass is 491 g/mol. The van der Waals surface area contributed by atoms with E-state index in [1.54, 1.807) is 24.3 Å². The number of hydrazone groups is 1. The summed E-state index contributed by atoms with van der Waals surface area (Å²) in [6.45, 7) is 0. The van der Waals surface area contributed by atoms with Crippen LogP contribution in [0.5, 0.6) is 0 Å². The minimum absolute atomic E-state index is 0.0453. The molecule has 0 saturated carbocycles. The van der Waals surface area contributed by atoms with E-state index in [0.717, 1.165) is 10.0 Å². The maximum Gasteiger partial charge on any atom is 0.271 e. The number of amides is 1. The molecule has 29 heavy (non-hydrogen) atoms. The quantitative estimate of drug-likeness (QED) is 0.387. The molecular formula is C20H15BrClN3O3S. The molecule has 0 aromatic heterocycles. The number of benzene rings is 3. The van der Waals surface area contributed by atoms with Gasteiger partial charge in [0, 0.05) is 20.7 Å². The van der Waals surface area contributed by atoms with Crippen molar-refractivity contribution in [2.45, 2.75) is 4.90 Å². The van der Waals surface area contributed by atoms with Gasteiger partial charge in [-0.3, -0.25) is 9.52 Å². The molecule has 2 N–H and O–H groups in total. The van der Waals surface area contributed by atoms with E-state index in [0.29, 0.717) is 10.7 Å². The summed E-state index contributed by atoms with van der Waals surface area (Å²) in [4.78, 5) is 12.3. The van der Waals surface area contributed by atoms with Crippen molar-refractivity contribution in [3.8, 4) is 0 Å². The molecule has 0 aliphatic carbocycles. The van der Waals surface area contributed by atoms with Gasteiger partial charge < -0.3 is 0 Å². The average Bonchev–Trinajstić information content (AvgIpc) is 2.70. The lowest BCUT2D eigenvalue weighted by atomic mass is 10.2. The van der Waals surface area contributed by atoms with Crippen LogP contribution in [0.15, 0.2) is 87.3 Å². The Balaban J connectivity index is 1.72. The highest BCUT2D eigenvalue weighted by Crippen LogP contribution is 2.19. The van der Waals surface area contributed by atoms with Gasteiger partial charge in [0.05, 0.1) is 11.1 Å². The van der Waals surface area contributed by atoms with Crippen LogP contribution in [-0.2, 0) is 10.0 Å². The second kappa shape index (κ2) is 9.21. The Labute approximate surface area is 181 Å². The van der Waals surface area contributed by atoms with E-state index in [1.807, 2.05) is 24.3 Å². The van der Waals surface area contributed by atoms with E-state index in [1.165, 1.54) is 30.5 Å². The van der Waals surface area contributed by atoms with Crippen molar-refractivity contribution in [2.24, 2.45) is 5.10 Å². The van der Waals surface area contributed by atoms with E-state index in [9.17, 15) is 13.2 Å². The highest BCUT2D eigenvalue weighted by Gasteiger charge is 2.16. The highest BCUT2D eigenvalue weighted by atomic mass is 79.9. The molecule has 0 spiro atoms. The predicted octanol–water partition coefficient (Wildman–Crippen LogP) is 4.67. The first-order valence-electron chi connectivity index (χ1n) is 8.31. The minimum Gasteiger partial charge on any atom is -0.280 e. The standard InChI is InChI=1S/C20H15BrClN3O3S/c21-16-5-1-3-14(11-16)13-23-24-20(26)15-4-2-6-19(12-15)29(27,28)25-18-9-7-17(22)8-10-18/h1-13,25H,(H,24,26). The molecule has 6 nitrogen and oxygen atoms in total. The Hall–Kier alpha value is -2.68. The van der Waals surface area contributed by atoms with E-state index in [4.69, 9.17) is 11.6 Å². The molecule has 9 heteroatoms. The summed E-state index contributed by atoms with van der Waals surface area (Å²) in [6, 6.07) is 19.3. The smallest absolute Gasteiger partial charge is 0.271 e. The Morgan fingerprint density at radius 1 is 1.00 bits per heavy atom. The number of rotatable bonds is 6. The Bertz CT molecular complexity index is 1170. The van der Waals surface area contributed by atoms with Gasteiger partial charge in [-0.2, -0.15) is 5.10 Å². The number of nitrogens with zero attached hydrogens (tertiary/aromatic N) is 1. The summed E-state index contributed by atoms with van der Waals surface area (Å²) < 4.78 is 28.5. The molecule has 0 saturated heterocycles. The predicted molar refractivity (Wildman–Crippen MR) is 118 cm³/mol. The number of carbonyl (C=O) groups is 1. The Morgan fingerprint density at radius 2 is 1.72 bits per heavy atom. The van der Waals surface area contributed by atoms with Gasteiger partial charge in [0.2, 0.25) is 0 Å². The number of halogens is 2. The SMILES string of the molecule is O=C(NN=Cc1cccc(Br)c1)c1cccc(S(=O)(=O)Nc2ccc(Cl)cc2)c1. The molecule has 148 valence electrons. The fourth-order valence-electron chi connectivity index (χ4n) is 2.35. The molecule has 0 unspecified atom stereocenters. The lowest BCUT2D eigenvalue weighted by molar-refractivity contribution is 0.0955.